The Hall–Kier alpha value is -0.570. The Labute approximate surface area is 92.2 Å². The third kappa shape index (κ3) is 2.71. The van der Waals surface area contributed by atoms with Gasteiger partial charge in [-0.3, -0.25) is 4.79 Å². The molecule has 86 valence electrons. The van der Waals surface area contributed by atoms with Gasteiger partial charge in [0.15, 0.2) is 0 Å². The first-order valence-corrected chi connectivity index (χ1v) is 6.24. The molecule has 1 atom stereocenters. The summed E-state index contributed by atoms with van der Waals surface area (Å²) < 4.78 is 0. The van der Waals surface area contributed by atoms with Crippen molar-refractivity contribution in [3.8, 4) is 0 Å². The van der Waals surface area contributed by atoms with Crippen molar-refractivity contribution in [1.29, 1.82) is 0 Å². The third-order valence-corrected chi connectivity index (χ3v) is 3.90. The minimum atomic E-state index is 0.355. The average molecular weight is 210 g/mol. The zero-order valence-electron chi connectivity index (χ0n) is 9.67. The molecule has 0 aromatic heterocycles. The zero-order chi connectivity index (χ0) is 10.7. The molecule has 0 radical (unpaired) electrons. The van der Waals surface area contributed by atoms with Crippen molar-refractivity contribution in [2.24, 2.45) is 5.92 Å². The van der Waals surface area contributed by atoms with Crippen LogP contribution in [0, 0.1) is 5.92 Å². The molecule has 1 amide bonds. The fourth-order valence-corrected chi connectivity index (χ4v) is 2.46. The van der Waals surface area contributed by atoms with Gasteiger partial charge in [-0.2, -0.15) is 0 Å². The van der Waals surface area contributed by atoms with Crippen LogP contribution in [0.1, 0.15) is 38.5 Å². The van der Waals surface area contributed by atoms with Crippen LogP contribution >= 0.6 is 0 Å². The second-order valence-electron chi connectivity index (χ2n) is 5.01. The van der Waals surface area contributed by atoms with Crippen molar-refractivity contribution >= 4 is 5.91 Å². The van der Waals surface area contributed by atoms with Gasteiger partial charge in [0.1, 0.15) is 0 Å². The maximum Gasteiger partial charge on any atom is 0.222 e. The lowest BCUT2D eigenvalue weighted by atomic mass is 9.82. The highest BCUT2D eigenvalue weighted by molar-refractivity contribution is 5.76. The van der Waals surface area contributed by atoms with Crippen LogP contribution in [0.4, 0.5) is 0 Å². The van der Waals surface area contributed by atoms with Crippen molar-refractivity contribution in [2.75, 3.05) is 20.1 Å². The molecule has 1 N–H and O–H groups in total. The van der Waals surface area contributed by atoms with Gasteiger partial charge >= 0.3 is 0 Å². The predicted molar refractivity (Wildman–Crippen MR) is 60.6 cm³/mol. The van der Waals surface area contributed by atoms with Gasteiger partial charge in [-0.1, -0.05) is 6.42 Å². The van der Waals surface area contributed by atoms with Gasteiger partial charge in [-0.05, 0) is 38.1 Å². The lowest BCUT2D eigenvalue weighted by Gasteiger charge is -2.34. The van der Waals surface area contributed by atoms with Crippen molar-refractivity contribution < 1.29 is 4.79 Å². The van der Waals surface area contributed by atoms with Gasteiger partial charge in [-0.25, -0.2) is 0 Å². The molecule has 1 aliphatic heterocycles. The maximum atomic E-state index is 11.9. The van der Waals surface area contributed by atoms with Gasteiger partial charge in [0, 0.05) is 26.1 Å². The third-order valence-electron chi connectivity index (χ3n) is 3.90. The first kappa shape index (κ1) is 10.9. The molecule has 0 aromatic carbocycles. The minimum absolute atomic E-state index is 0.355. The summed E-state index contributed by atoms with van der Waals surface area (Å²) in [5.41, 5.74) is 0. The van der Waals surface area contributed by atoms with E-state index < -0.39 is 0 Å². The SMILES string of the molecule is CN(C(=O)CC1CCC1)[C@H]1CCCNC1. The van der Waals surface area contributed by atoms with Crippen LogP contribution in [0.15, 0.2) is 0 Å². The van der Waals surface area contributed by atoms with Crippen molar-refractivity contribution in [3.63, 3.8) is 0 Å². The van der Waals surface area contributed by atoms with Crippen molar-refractivity contribution in [2.45, 2.75) is 44.6 Å². The molecule has 15 heavy (non-hydrogen) atoms. The van der Waals surface area contributed by atoms with Crippen molar-refractivity contribution in [1.82, 2.24) is 10.2 Å². The number of piperidine rings is 1. The molecule has 3 nitrogen and oxygen atoms in total. The minimum Gasteiger partial charge on any atom is -0.341 e. The summed E-state index contributed by atoms with van der Waals surface area (Å²) >= 11 is 0. The Morgan fingerprint density at radius 3 is 2.67 bits per heavy atom. The van der Waals surface area contributed by atoms with Gasteiger partial charge in [0.05, 0.1) is 0 Å². The first-order valence-electron chi connectivity index (χ1n) is 6.24. The normalized spacial score (nSPS) is 27.1. The molecule has 0 unspecified atom stereocenters. The fraction of sp³-hybridized carbons (Fsp3) is 0.917. The number of nitrogens with zero attached hydrogens (tertiary/aromatic N) is 1. The molecule has 1 heterocycles. The number of hydrogen-bond donors (Lipinski definition) is 1. The molecule has 2 rings (SSSR count). The molecule has 0 aromatic rings. The number of likely N-dealkylation sites (N-methyl/N-ethyl adjacent to an activating group) is 1. The molecular formula is C12H22N2O. The predicted octanol–water partition coefficient (Wildman–Crippen LogP) is 1.39. The van der Waals surface area contributed by atoms with Gasteiger partial charge in [0.2, 0.25) is 5.91 Å². The Morgan fingerprint density at radius 2 is 2.13 bits per heavy atom. The van der Waals surface area contributed by atoms with E-state index in [1.165, 1.54) is 32.1 Å². The summed E-state index contributed by atoms with van der Waals surface area (Å²) in [6.07, 6.45) is 7.01. The summed E-state index contributed by atoms with van der Waals surface area (Å²) in [7, 11) is 1.97. The smallest absolute Gasteiger partial charge is 0.222 e. The number of carbonyl (C=O) groups is 1. The van der Waals surface area contributed by atoms with Crippen LogP contribution in [0.5, 0.6) is 0 Å². The van der Waals surface area contributed by atoms with E-state index >= 15 is 0 Å². The summed E-state index contributed by atoms with van der Waals surface area (Å²) in [5, 5.41) is 3.36. The second-order valence-corrected chi connectivity index (χ2v) is 5.01. The van der Waals surface area contributed by atoms with E-state index in [0.29, 0.717) is 17.9 Å². The molecule has 1 aliphatic carbocycles. The van der Waals surface area contributed by atoms with Gasteiger partial charge < -0.3 is 10.2 Å². The van der Waals surface area contributed by atoms with E-state index in [1.54, 1.807) is 0 Å². The molecule has 2 fully saturated rings. The molecule has 0 spiro atoms. The van der Waals surface area contributed by atoms with E-state index in [1.807, 2.05) is 11.9 Å². The van der Waals surface area contributed by atoms with Crippen LogP contribution in [-0.2, 0) is 4.79 Å². The zero-order valence-corrected chi connectivity index (χ0v) is 9.67. The molecule has 1 saturated heterocycles. The summed E-state index contributed by atoms with van der Waals surface area (Å²) in [5.74, 6) is 1.05. The van der Waals surface area contributed by atoms with Crippen LogP contribution in [0.25, 0.3) is 0 Å². The highest BCUT2D eigenvalue weighted by atomic mass is 16.2. The topological polar surface area (TPSA) is 32.3 Å². The molecule has 3 heteroatoms. The van der Waals surface area contributed by atoms with Crippen LogP contribution in [0.3, 0.4) is 0 Å². The Kier molecular flexibility index (Phi) is 3.62. The highest BCUT2D eigenvalue weighted by Gasteiger charge is 2.26. The van der Waals surface area contributed by atoms with E-state index in [4.69, 9.17) is 0 Å². The van der Waals surface area contributed by atoms with Crippen LogP contribution < -0.4 is 5.32 Å². The average Bonchev–Trinajstić information content (AvgIpc) is 2.23. The first-order chi connectivity index (χ1) is 7.27. The van der Waals surface area contributed by atoms with Gasteiger partial charge in [-0.15, -0.1) is 0 Å². The summed E-state index contributed by atoms with van der Waals surface area (Å²) in [4.78, 5) is 13.9. The Bertz CT molecular complexity index is 220. The molecule has 2 aliphatic rings. The summed E-state index contributed by atoms with van der Waals surface area (Å²) in [6.45, 7) is 2.09. The molecular weight excluding hydrogens is 188 g/mol. The van der Waals surface area contributed by atoms with Crippen LogP contribution in [-0.4, -0.2) is 37.0 Å². The lowest BCUT2D eigenvalue weighted by molar-refractivity contribution is -0.133. The number of hydrogen-bond acceptors (Lipinski definition) is 2. The molecule has 0 bridgehead atoms. The maximum absolute atomic E-state index is 11.9. The van der Waals surface area contributed by atoms with Crippen LogP contribution in [0.2, 0.25) is 0 Å². The quantitative estimate of drug-likeness (QED) is 0.763. The number of nitrogens with one attached hydrogen (secondary N) is 1. The number of rotatable bonds is 3. The highest BCUT2D eigenvalue weighted by Crippen LogP contribution is 2.30. The van der Waals surface area contributed by atoms with Crippen molar-refractivity contribution in [3.05, 3.63) is 0 Å². The fourth-order valence-electron chi connectivity index (χ4n) is 2.46. The number of carbonyl (C=O) groups excluding carboxylic acids is 1. The lowest BCUT2D eigenvalue weighted by Crippen LogP contribution is -2.47. The van der Waals surface area contributed by atoms with E-state index in [0.717, 1.165) is 19.5 Å². The largest absolute Gasteiger partial charge is 0.341 e. The Balaban J connectivity index is 1.77. The molecule has 1 saturated carbocycles. The standard InChI is InChI=1S/C12H22N2O/c1-14(11-6-3-7-13-9-11)12(15)8-10-4-2-5-10/h10-11,13H,2-9H2,1H3/t11-/m0/s1. The second kappa shape index (κ2) is 4.97. The summed E-state index contributed by atoms with van der Waals surface area (Å²) in [6, 6.07) is 0.436. The number of amides is 1. The monoisotopic (exact) mass is 210 g/mol. The van der Waals surface area contributed by atoms with Gasteiger partial charge in [0.25, 0.3) is 0 Å². The Morgan fingerprint density at radius 1 is 1.33 bits per heavy atom. The van der Waals surface area contributed by atoms with E-state index in [-0.39, 0.29) is 0 Å². The van der Waals surface area contributed by atoms with E-state index in [9.17, 15) is 4.79 Å². The van der Waals surface area contributed by atoms with E-state index in [2.05, 4.69) is 5.32 Å².